The molecule has 17 heavy (non-hydrogen) atoms. The smallest absolute Gasteiger partial charge is 0.109 e. The molecule has 1 N–H and O–H groups in total. The second-order valence-corrected chi connectivity index (χ2v) is 5.26. The van der Waals surface area contributed by atoms with Gasteiger partial charge in [0.05, 0.1) is 18.1 Å². The SMILES string of the molecule is CCc1cnc(C(C)NCc2cncn2C)s1. The minimum Gasteiger partial charge on any atom is -0.337 e. The van der Waals surface area contributed by atoms with Crippen molar-refractivity contribution < 1.29 is 0 Å². The van der Waals surface area contributed by atoms with Gasteiger partial charge in [0.15, 0.2) is 0 Å². The van der Waals surface area contributed by atoms with Crippen LogP contribution in [0.1, 0.15) is 35.5 Å². The Morgan fingerprint density at radius 1 is 1.47 bits per heavy atom. The summed E-state index contributed by atoms with van der Waals surface area (Å²) in [5.74, 6) is 0. The fourth-order valence-corrected chi connectivity index (χ4v) is 2.47. The first kappa shape index (κ1) is 12.3. The number of nitrogens with zero attached hydrogens (tertiary/aromatic N) is 3. The summed E-state index contributed by atoms with van der Waals surface area (Å²) in [6.45, 7) is 5.12. The van der Waals surface area contributed by atoms with Gasteiger partial charge in [-0.3, -0.25) is 0 Å². The first-order valence-electron chi connectivity index (χ1n) is 5.84. The van der Waals surface area contributed by atoms with E-state index in [0.717, 1.165) is 18.0 Å². The lowest BCUT2D eigenvalue weighted by Crippen LogP contribution is -2.19. The molecule has 5 heteroatoms. The average molecular weight is 250 g/mol. The average Bonchev–Trinajstić information content (AvgIpc) is 2.94. The van der Waals surface area contributed by atoms with Crippen molar-refractivity contribution in [2.24, 2.45) is 7.05 Å². The Balaban J connectivity index is 1.93. The lowest BCUT2D eigenvalue weighted by Gasteiger charge is -2.11. The van der Waals surface area contributed by atoms with Crippen LogP contribution in [0.5, 0.6) is 0 Å². The molecule has 92 valence electrons. The molecule has 2 aromatic rings. The van der Waals surface area contributed by atoms with Crippen molar-refractivity contribution in [1.29, 1.82) is 0 Å². The first-order chi connectivity index (χ1) is 8.20. The molecule has 0 aliphatic rings. The van der Waals surface area contributed by atoms with Crippen molar-refractivity contribution in [3.63, 3.8) is 0 Å². The molecule has 0 fully saturated rings. The number of imidazole rings is 1. The molecule has 0 amide bonds. The maximum atomic E-state index is 4.44. The second-order valence-electron chi connectivity index (χ2n) is 4.12. The van der Waals surface area contributed by atoms with E-state index in [1.165, 1.54) is 10.6 Å². The predicted octanol–water partition coefficient (Wildman–Crippen LogP) is 2.29. The standard InChI is InChI=1S/C12H18N4S/c1-4-11-7-15-12(17-11)9(2)14-6-10-5-13-8-16(10)3/h5,7-9,14H,4,6H2,1-3H3. The van der Waals surface area contributed by atoms with Gasteiger partial charge in [-0.2, -0.15) is 0 Å². The number of hydrogen-bond donors (Lipinski definition) is 1. The van der Waals surface area contributed by atoms with Crippen LogP contribution in [0.25, 0.3) is 0 Å². The fraction of sp³-hybridized carbons (Fsp3) is 0.500. The Hall–Kier alpha value is -1.20. The molecule has 0 saturated heterocycles. The maximum Gasteiger partial charge on any atom is 0.109 e. The third-order valence-corrected chi connectivity index (χ3v) is 4.12. The van der Waals surface area contributed by atoms with Crippen LogP contribution in [-0.2, 0) is 20.0 Å². The number of aromatic nitrogens is 3. The van der Waals surface area contributed by atoms with Crippen molar-refractivity contribution in [3.05, 3.63) is 34.3 Å². The van der Waals surface area contributed by atoms with E-state index >= 15 is 0 Å². The van der Waals surface area contributed by atoms with Crippen LogP contribution < -0.4 is 5.32 Å². The summed E-state index contributed by atoms with van der Waals surface area (Å²) >= 11 is 1.79. The number of rotatable bonds is 5. The monoisotopic (exact) mass is 250 g/mol. The Morgan fingerprint density at radius 3 is 2.88 bits per heavy atom. The minimum absolute atomic E-state index is 0.287. The van der Waals surface area contributed by atoms with Crippen molar-refractivity contribution >= 4 is 11.3 Å². The maximum absolute atomic E-state index is 4.44. The highest BCUT2D eigenvalue weighted by molar-refractivity contribution is 7.11. The second kappa shape index (κ2) is 5.42. The van der Waals surface area contributed by atoms with Gasteiger partial charge in [0.1, 0.15) is 5.01 Å². The summed E-state index contributed by atoms with van der Waals surface area (Å²) in [6.07, 6.45) is 6.74. The van der Waals surface area contributed by atoms with E-state index in [-0.39, 0.29) is 6.04 Å². The number of nitrogens with one attached hydrogen (secondary N) is 1. The fourth-order valence-electron chi connectivity index (χ4n) is 1.59. The normalized spacial score (nSPS) is 12.9. The van der Waals surface area contributed by atoms with Crippen LogP contribution in [0.15, 0.2) is 18.7 Å². The van der Waals surface area contributed by atoms with Gasteiger partial charge in [-0.05, 0) is 13.3 Å². The van der Waals surface area contributed by atoms with E-state index in [4.69, 9.17) is 0 Å². The molecule has 0 spiro atoms. The molecular weight excluding hydrogens is 232 g/mol. The van der Waals surface area contributed by atoms with Gasteiger partial charge < -0.3 is 9.88 Å². The van der Waals surface area contributed by atoms with E-state index < -0.39 is 0 Å². The van der Waals surface area contributed by atoms with Gasteiger partial charge in [0.2, 0.25) is 0 Å². The molecule has 1 atom stereocenters. The lowest BCUT2D eigenvalue weighted by atomic mass is 10.3. The third kappa shape index (κ3) is 2.92. The molecule has 0 aliphatic heterocycles. The van der Waals surface area contributed by atoms with Crippen LogP contribution in [-0.4, -0.2) is 14.5 Å². The summed E-state index contributed by atoms with van der Waals surface area (Å²) in [5.41, 5.74) is 1.18. The molecule has 1 unspecified atom stereocenters. The van der Waals surface area contributed by atoms with Crippen LogP contribution in [0.4, 0.5) is 0 Å². The molecule has 0 aliphatic carbocycles. The summed E-state index contributed by atoms with van der Waals surface area (Å²) < 4.78 is 2.03. The molecule has 0 aromatic carbocycles. The quantitative estimate of drug-likeness (QED) is 0.885. The van der Waals surface area contributed by atoms with Crippen molar-refractivity contribution in [2.75, 3.05) is 0 Å². The largest absolute Gasteiger partial charge is 0.337 e. The molecule has 0 bridgehead atoms. The Morgan fingerprint density at radius 2 is 2.29 bits per heavy atom. The molecule has 2 rings (SSSR count). The highest BCUT2D eigenvalue weighted by atomic mass is 32.1. The molecular formula is C12H18N4S. The minimum atomic E-state index is 0.287. The van der Waals surface area contributed by atoms with Gasteiger partial charge in [0, 0.05) is 30.9 Å². The lowest BCUT2D eigenvalue weighted by molar-refractivity contribution is 0.555. The van der Waals surface area contributed by atoms with E-state index in [0.29, 0.717) is 0 Å². The van der Waals surface area contributed by atoms with E-state index in [9.17, 15) is 0 Å². The topological polar surface area (TPSA) is 42.7 Å². The van der Waals surface area contributed by atoms with Crippen LogP contribution >= 0.6 is 11.3 Å². The number of thiazole rings is 1. The zero-order chi connectivity index (χ0) is 12.3. The highest BCUT2D eigenvalue weighted by Gasteiger charge is 2.10. The summed E-state index contributed by atoms with van der Waals surface area (Å²) in [4.78, 5) is 9.88. The van der Waals surface area contributed by atoms with Gasteiger partial charge in [-0.25, -0.2) is 9.97 Å². The van der Waals surface area contributed by atoms with Crippen LogP contribution in [0.3, 0.4) is 0 Å². The van der Waals surface area contributed by atoms with Gasteiger partial charge in [-0.15, -0.1) is 11.3 Å². The van der Waals surface area contributed by atoms with E-state index in [2.05, 4.69) is 29.1 Å². The Labute approximate surface area is 106 Å². The van der Waals surface area contributed by atoms with Crippen LogP contribution in [0, 0.1) is 0 Å². The zero-order valence-electron chi connectivity index (χ0n) is 10.5. The number of aryl methyl sites for hydroxylation is 2. The van der Waals surface area contributed by atoms with E-state index in [1.807, 2.05) is 30.3 Å². The first-order valence-corrected chi connectivity index (χ1v) is 6.65. The third-order valence-electron chi connectivity index (χ3n) is 2.80. The van der Waals surface area contributed by atoms with Gasteiger partial charge in [0.25, 0.3) is 0 Å². The zero-order valence-corrected chi connectivity index (χ0v) is 11.3. The Kier molecular flexibility index (Phi) is 3.91. The molecule has 0 saturated carbocycles. The van der Waals surface area contributed by atoms with Crippen molar-refractivity contribution in [1.82, 2.24) is 19.9 Å². The van der Waals surface area contributed by atoms with Gasteiger partial charge in [-0.1, -0.05) is 6.92 Å². The van der Waals surface area contributed by atoms with Crippen molar-refractivity contribution in [3.8, 4) is 0 Å². The Bertz CT molecular complexity index is 474. The van der Waals surface area contributed by atoms with Crippen molar-refractivity contribution in [2.45, 2.75) is 32.9 Å². The summed E-state index contributed by atoms with van der Waals surface area (Å²) in [7, 11) is 2.01. The molecule has 2 heterocycles. The predicted molar refractivity (Wildman–Crippen MR) is 70.0 cm³/mol. The molecule has 0 radical (unpaired) electrons. The van der Waals surface area contributed by atoms with Gasteiger partial charge >= 0.3 is 0 Å². The molecule has 2 aromatic heterocycles. The summed E-state index contributed by atoms with van der Waals surface area (Å²) in [6, 6.07) is 0.287. The van der Waals surface area contributed by atoms with E-state index in [1.54, 1.807) is 11.3 Å². The number of hydrogen-bond acceptors (Lipinski definition) is 4. The highest BCUT2D eigenvalue weighted by Crippen LogP contribution is 2.20. The summed E-state index contributed by atoms with van der Waals surface area (Å²) in [5, 5.41) is 4.62. The molecule has 4 nitrogen and oxygen atoms in total. The van der Waals surface area contributed by atoms with Crippen LogP contribution in [0.2, 0.25) is 0 Å².